The molecule has 1 atom stereocenters. The molecule has 18 heavy (non-hydrogen) atoms. The van der Waals surface area contributed by atoms with Gasteiger partial charge in [0.2, 0.25) is 11.8 Å². The summed E-state index contributed by atoms with van der Waals surface area (Å²) in [4.78, 5) is 26.5. The number of piperidine rings is 1. The normalized spacial score (nSPS) is 25.6. The van der Waals surface area contributed by atoms with Crippen LogP contribution in [0, 0.1) is 5.92 Å². The molecule has 2 aliphatic heterocycles. The lowest BCUT2D eigenvalue weighted by atomic mass is 9.93. The smallest absolute Gasteiger partial charge is 0.345 e. The van der Waals surface area contributed by atoms with Crippen LogP contribution in [0.3, 0.4) is 0 Å². The highest BCUT2D eigenvalue weighted by molar-refractivity contribution is 5.87. The molecule has 2 fully saturated rings. The molecule has 102 valence electrons. The van der Waals surface area contributed by atoms with Crippen molar-refractivity contribution in [3.8, 4) is 0 Å². The third-order valence-electron chi connectivity index (χ3n) is 3.46. The molecule has 1 unspecified atom stereocenters. The molecule has 0 saturated carbocycles. The molecule has 2 aliphatic rings. The fourth-order valence-electron chi connectivity index (χ4n) is 2.26. The molecule has 0 radical (unpaired) electrons. The Morgan fingerprint density at radius 2 is 2.11 bits per heavy atom. The van der Waals surface area contributed by atoms with Crippen LogP contribution in [-0.4, -0.2) is 61.0 Å². The lowest BCUT2D eigenvalue weighted by molar-refractivity contribution is -0.200. The molecule has 0 bridgehead atoms. The first-order valence-corrected chi connectivity index (χ1v) is 5.93. The summed E-state index contributed by atoms with van der Waals surface area (Å²) in [6, 6.07) is 0. The number of ether oxygens (including phenoxy) is 1. The number of hydrogen-bond donors (Lipinski definition) is 0. The van der Waals surface area contributed by atoms with Gasteiger partial charge in [0, 0.05) is 39.0 Å². The Bertz CT molecular complexity index is 345. The van der Waals surface area contributed by atoms with Crippen LogP contribution in [0.15, 0.2) is 0 Å². The van der Waals surface area contributed by atoms with Crippen LogP contribution in [0.4, 0.5) is 8.78 Å². The second-order valence-electron chi connectivity index (χ2n) is 4.77. The molecule has 5 nitrogen and oxygen atoms in total. The predicted molar refractivity (Wildman–Crippen MR) is 57.8 cm³/mol. The zero-order valence-corrected chi connectivity index (χ0v) is 10.1. The van der Waals surface area contributed by atoms with Crippen molar-refractivity contribution in [2.45, 2.75) is 25.6 Å². The van der Waals surface area contributed by atoms with Gasteiger partial charge in [-0.3, -0.25) is 9.59 Å². The number of amides is 2. The summed E-state index contributed by atoms with van der Waals surface area (Å²) in [6.07, 6.45) is 0.278. The highest BCUT2D eigenvalue weighted by atomic mass is 19.3. The van der Waals surface area contributed by atoms with Gasteiger partial charge >= 0.3 is 6.61 Å². The molecule has 2 rings (SSSR count). The Morgan fingerprint density at radius 3 is 2.67 bits per heavy atom. The van der Waals surface area contributed by atoms with Crippen LogP contribution in [0.2, 0.25) is 0 Å². The highest BCUT2D eigenvalue weighted by Crippen LogP contribution is 2.24. The summed E-state index contributed by atoms with van der Waals surface area (Å²) in [7, 11) is 1.71. The van der Waals surface area contributed by atoms with Gasteiger partial charge in [-0.05, 0) is 6.42 Å². The molecule has 0 N–H and O–H groups in total. The largest absolute Gasteiger partial charge is 0.346 e. The van der Waals surface area contributed by atoms with Crippen molar-refractivity contribution in [2.75, 3.05) is 26.7 Å². The number of nitrogens with zero attached hydrogens (tertiary/aromatic N) is 2. The number of hydrogen-bond acceptors (Lipinski definition) is 3. The van der Waals surface area contributed by atoms with E-state index in [1.807, 2.05) is 0 Å². The van der Waals surface area contributed by atoms with E-state index in [0.29, 0.717) is 13.0 Å². The molecule has 2 saturated heterocycles. The third kappa shape index (κ3) is 2.77. The van der Waals surface area contributed by atoms with E-state index in [9.17, 15) is 18.4 Å². The van der Waals surface area contributed by atoms with E-state index in [2.05, 4.69) is 4.74 Å². The predicted octanol–water partition coefficient (Wildman–Crippen LogP) is 0.305. The number of halogens is 2. The van der Waals surface area contributed by atoms with Gasteiger partial charge in [-0.25, -0.2) is 0 Å². The highest BCUT2D eigenvalue weighted by Gasteiger charge is 2.38. The summed E-state index contributed by atoms with van der Waals surface area (Å²) < 4.78 is 28.1. The number of rotatable bonds is 3. The Hall–Kier alpha value is -1.24. The van der Waals surface area contributed by atoms with Gasteiger partial charge in [-0.2, -0.15) is 8.78 Å². The maximum Gasteiger partial charge on any atom is 0.345 e. The fraction of sp³-hybridized carbons (Fsp3) is 0.818. The maximum absolute atomic E-state index is 12.0. The van der Waals surface area contributed by atoms with Gasteiger partial charge in [-0.1, -0.05) is 0 Å². The fourth-order valence-corrected chi connectivity index (χ4v) is 2.26. The SMILES string of the molecule is CN1CCC(C(=O)N2CC(OC(F)F)C2)CC1=O. The third-order valence-corrected chi connectivity index (χ3v) is 3.46. The van der Waals surface area contributed by atoms with Crippen molar-refractivity contribution in [1.29, 1.82) is 0 Å². The Balaban J connectivity index is 1.78. The summed E-state index contributed by atoms with van der Waals surface area (Å²) in [5, 5.41) is 0. The van der Waals surface area contributed by atoms with Crippen molar-refractivity contribution >= 4 is 11.8 Å². The van der Waals surface area contributed by atoms with Gasteiger partial charge < -0.3 is 14.5 Å². The molecule has 0 aromatic rings. The average Bonchev–Trinajstić information content (AvgIpc) is 2.25. The van der Waals surface area contributed by atoms with Crippen LogP contribution in [0.25, 0.3) is 0 Å². The van der Waals surface area contributed by atoms with Crippen LogP contribution in [0.5, 0.6) is 0 Å². The molecule has 2 amide bonds. The van der Waals surface area contributed by atoms with Gasteiger partial charge in [0.05, 0.1) is 6.10 Å². The summed E-state index contributed by atoms with van der Waals surface area (Å²) in [5.74, 6) is -0.465. The summed E-state index contributed by atoms with van der Waals surface area (Å²) in [5.41, 5.74) is 0. The number of carbonyl (C=O) groups is 2. The van der Waals surface area contributed by atoms with Crippen molar-refractivity contribution in [2.24, 2.45) is 5.92 Å². The van der Waals surface area contributed by atoms with Gasteiger partial charge in [0.25, 0.3) is 0 Å². The topological polar surface area (TPSA) is 49.9 Å². The first kappa shape index (κ1) is 13.2. The van der Waals surface area contributed by atoms with Crippen LogP contribution in [0.1, 0.15) is 12.8 Å². The molecule has 2 heterocycles. The van der Waals surface area contributed by atoms with Crippen molar-refractivity contribution in [1.82, 2.24) is 9.80 Å². The van der Waals surface area contributed by atoms with E-state index in [-0.39, 0.29) is 37.2 Å². The lowest BCUT2D eigenvalue weighted by Gasteiger charge is -2.41. The van der Waals surface area contributed by atoms with Crippen LogP contribution >= 0.6 is 0 Å². The molecule has 0 aliphatic carbocycles. The molecular formula is C11H16F2N2O3. The van der Waals surface area contributed by atoms with E-state index in [0.717, 1.165) is 0 Å². The van der Waals surface area contributed by atoms with E-state index < -0.39 is 12.7 Å². The Morgan fingerprint density at radius 1 is 1.44 bits per heavy atom. The maximum atomic E-state index is 12.0. The number of alkyl halides is 2. The van der Waals surface area contributed by atoms with Gasteiger partial charge in [-0.15, -0.1) is 0 Å². The molecule has 0 spiro atoms. The van der Waals surface area contributed by atoms with Crippen LogP contribution < -0.4 is 0 Å². The first-order valence-electron chi connectivity index (χ1n) is 5.93. The quantitative estimate of drug-likeness (QED) is 0.735. The Kier molecular flexibility index (Phi) is 3.79. The number of likely N-dealkylation sites (tertiary alicyclic amines) is 2. The van der Waals surface area contributed by atoms with E-state index in [1.54, 1.807) is 11.9 Å². The minimum Gasteiger partial charge on any atom is -0.346 e. The van der Waals surface area contributed by atoms with Crippen molar-refractivity contribution in [3.63, 3.8) is 0 Å². The molecule has 7 heteroatoms. The van der Waals surface area contributed by atoms with Gasteiger partial charge in [0.15, 0.2) is 0 Å². The first-order chi connectivity index (χ1) is 8.47. The van der Waals surface area contributed by atoms with Crippen LogP contribution in [-0.2, 0) is 14.3 Å². The van der Waals surface area contributed by atoms with Gasteiger partial charge in [0.1, 0.15) is 0 Å². The summed E-state index contributed by atoms with van der Waals surface area (Å²) in [6.45, 7) is -1.83. The molecule has 0 aromatic heterocycles. The minimum absolute atomic E-state index is 0.0412. The average molecular weight is 262 g/mol. The van der Waals surface area contributed by atoms with Crippen molar-refractivity contribution in [3.05, 3.63) is 0 Å². The standard InChI is InChI=1S/C11H16F2N2O3/c1-14-3-2-7(4-9(14)16)10(17)15-5-8(6-15)18-11(12)13/h7-8,11H,2-6H2,1H3. The zero-order chi connectivity index (χ0) is 13.3. The minimum atomic E-state index is -2.79. The number of carbonyl (C=O) groups excluding carboxylic acids is 2. The molecule has 0 aromatic carbocycles. The second kappa shape index (κ2) is 5.17. The van der Waals surface area contributed by atoms with Crippen molar-refractivity contribution < 1.29 is 23.1 Å². The van der Waals surface area contributed by atoms with E-state index >= 15 is 0 Å². The Labute approximate surface area is 104 Å². The zero-order valence-electron chi connectivity index (χ0n) is 10.1. The second-order valence-corrected chi connectivity index (χ2v) is 4.77. The lowest BCUT2D eigenvalue weighted by Crippen LogP contribution is -2.57. The van der Waals surface area contributed by atoms with E-state index in [1.165, 1.54) is 4.90 Å². The summed E-state index contributed by atoms with van der Waals surface area (Å²) >= 11 is 0. The van der Waals surface area contributed by atoms with E-state index in [4.69, 9.17) is 0 Å². The molecular weight excluding hydrogens is 246 g/mol. The monoisotopic (exact) mass is 262 g/mol.